The summed E-state index contributed by atoms with van der Waals surface area (Å²) in [7, 11) is -2.90. The molecule has 5 nitrogen and oxygen atoms in total. The van der Waals surface area contributed by atoms with Gasteiger partial charge in [0.15, 0.2) is 0 Å². The van der Waals surface area contributed by atoms with Gasteiger partial charge in [-0.1, -0.05) is 0 Å². The van der Waals surface area contributed by atoms with E-state index in [-0.39, 0.29) is 5.75 Å². The third-order valence-corrected chi connectivity index (χ3v) is 3.99. The zero-order chi connectivity index (χ0) is 12.9. The maximum atomic E-state index is 11.0. The van der Waals surface area contributed by atoms with Crippen LogP contribution in [0.4, 0.5) is 5.82 Å². The Morgan fingerprint density at radius 2 is 2.12 bits per heavy atom. The van der Waals surface area contributed by atoms with Crippen LogP contribution in [0.3, 0.4) is 0 Å². The Bertz CT molecular complexity index is 474. The summed E-state index contributed by atoms with van der Waals surface area (Å²) in [6.07, 6.45) is 1.24. The number of aryl methyl sites for hydroxylation is 1. The standard InChI is InChI=1S/C10H17N3O2S2/c1-4-11-9-7-10(13-8(2)12-9)16-5-6-17(3,14)15/h7H,4-6H2,1-3H3,(H,11,12,13). The third-order valence-electron chi connectivity index (χ3n) is 1.88. The summed E-state index contributed by atoms with van der Waals surface area (Å²) in [5, 5.41) is 3.92. The number of hydrogen-bond acceptors (Lipinski definition) is 6. The monoisotopic (exact) mass is 275 g/mol. The predicted molar refractivity (Wildman–Crippen MR) is 71.4 cm³/mol. The van der Waals surface area contributed by atoms with Gasteiger partial charge in [-0.2, -0.15) is 0 Å². The Balaban J connectivity index is 2.64. The summed E-state index contributed by atoms with van der Waals surface area (Å²) in [6.45, 7) is 4.61. The van der Waals surface area contributed by atoms with Crippen molar-refractivity contribution in [2.24, 2.45) is 0 Å². The summed E-state index contributed by atoms with van der Waals surface area (Å²) in [5.41, 5.74) is 0. The van der Waals surface area contributed by atoms with E-state index in [1.54, 1.807) is 0 Å². The van der Waals surface area contributed by atoms with Crippen LogP contribution < -0.4 is 5.32 Å². The van der Waals surface area contributed by atoms with Gasteiger partial charge in [-0.05, 0) is 13.8 Å². The van der Waals surface area contributed by atoms with Gasteiger partial charge in [0.25, 0.3) is 0 Å². The number of hydrogen-bond donors (Lipinski definition) is 1. The maximum absolute atomic E-state index is 11.0. The molecular weight excluding hydrogens is 258 g/mol. The van der Waals surface area contributed by atoms with Crippen LogP contribution in [0.15, 0.2) is 11.1 Å². The molecule has 0 aliphatic heterocycles. The van der Waals surface area contributed by atoms with Crippen LogP contribution in [0.1, 0.15) is 12.7 Å². The number of rotatable bonds is 6. The van der Waals surface area contributed by atoms with Crippen LogP contribution >= 0.6 is 11.8 Å². The predicted octanol–water partition coefficient (Wildman–Crippen LogP) is 1.35. The Kier molecular flexibility index (Phi) is 5.20. The van der Waals surface area contributed by atoms with Crippen LogP contribution in [-0.2, 0) is 9.84 Å². The molecule has 1 N–H and O–H groups in total. The fraction of sp³-hybridized carbons (Fsp3) is 0.600. The van der Waals surface area contributed by atoms with E-state index in [1.807, 2.05) is 19.9 Å². The van der Waals surface area contributed by atoms with Crippen molar-refractivity contribution >= 4 is 27.4 Å². The van der Waals surface area contributed by atoms with Crippen LogP contribution in [0.25, 0.3) is 0 Å². The molecule has 0 saturated heterocycles. The van der Waals surface area contributed by atoms with E-state index in [9.17, 15) is 8.42 Å². The smallest absolute Gasteiger partial charge is 0.148 e. The van der Waals surface area contributed by atoms with Gasteiger partial charge in [-0.25, -0.2) is 18.4 Å². The molecule has 1 heterocycles. The number of nitrogens with zero attached hydrogens (tertiary/aromatic N) is 2. The molecule has 17 heavy (non-hydrogen) atoms. The molecule has 0 aliphatic carbocycles. The van der Waals surface area contributed by atoms with Crippen molar-refractivity contribution in [2.45, 2.75) is 18.9 Å². The van der Waals surface area contributed by atoms with Crippen molar-refractivity contribution in [1.29, 1.82) is 0 Å². The molecule has 0 bridgehead atoms. The molecule has 0 spiro atoms. The van der Waals surface area contributed by atoms with E-state index in [2.05, 4.69) is 15.3 Å². The Morgan fingerprint density at radius 3 is 2.71 bits per heavy atom. The van der Waals surface area contributed by atoms with Gasteiger partial charge in [-0.3, -0.25) is 0 Å². The van der Waals surface area contributed by atoms with Crippen LogP contribution in [-0.4, -0.2) is 42.7 Å². The summed E-state index contributed by atoms with van der Waals surface area (Å²) in [6, 6.07) is 1.84. The maximum Gasteiger partial charge on any atom is 0.148 e. The minimum atomic E-state index is -2.90. The molecule has 0 radical (unpaired) electrons. The van der Waals surface area contributed by atoms with E-state index < -0.39 is 9.84 Å². The van der Waals surface area contributed by atoms with Gasteiger partial charge < -0.3 is 5.32 Å². The first-order valence-corrected chi connectivity index (χ1v) is 8.35. The number of aromatic nitrogens is 2. The minimum Gasteiger partial charge on any atom is -0.370 e. The summed E-state index contributed by atoms with van der Waals surface area (Å²) in [5.74, 6) is 2.14. The van der Waals surface area contributed by atoms with E-state index >= 15 is 0 Å². The molecule has 1 aromatic rings. The van der Waals surface area contributed by atoms with Crippen molar-refractivity contribution in [1.82, 2.24) is 9.97 Å². The van der Waals surface area contributed by atoms with Gasteiger partial charge in [-0.15, -0.1) is 11.8 Å². The highest BCUT2D eigenvalue weighted by atomic mass is 32.2. The minimum absolute atomic E-state index is 0.164. The average Bonchev–Trinajstić information content (AvgIpc) is 2.15. The topological polar surface area (TPSA) is 72.0 Å². The van der Waals surface area contributed by atoms with Gasteiger partial charge >= 0.3 is 0 Å². The molecule has 1 rings (SSSR count). The lowest BCUT2D eigenvalue weighted by atomic mass is 10.5. The molecule has 0 saturated carbocycles. The quantitative estimate of drug-likeness (QED) is 0.624. The summed E-state index contributed by atoms with van der Waals surface area (Å²) in [4.78, 5) is 8.48. The highest BCUT2D eigenvalue weighted by Gasteiger charge is 2.05. The Labute approximate surface area is 106 Å². The van der Waals surface area contributed by atoms with Crippen LogP contribution in [0.2, 0.25) is 0 Å². The second-order valence-electron chi connectivity index (χ2n) is 3.65. The molecule has 0 atom stereocenters. The molecule has 1 aromatic heterocycles. The zero-order valence-electron chi connectivity index (χ0n) is 10.2. The summed E-state index contributed by atoms with van der Waals surface area (Å²) >= 11 is 1.43. The number of sulfone groups is 1. The van der Waals surface area contributed by atoms with Crippen molar-refractivity contribution in [3.63, 3.8) is 0 Å². The second-order valence-corrected chi connectivity index (χ2v) is 7.02. The molecular formula is C10H17N3O2S2. The average molecular weight is 275 g/mol. The van der Waals surface area contributed by atoms with E-state index in [4.69, 9.17) is 0 Å². The lowest BCUT2D eigenvalue weighted by Crippen LogP contribution is -2.06. The Hall–Kier alpha value is -0.820. The first kappa shape index (κ1) is 14.2. The van der Waals surface area contributed by atoms with Gasteiger partial charge in [0.1, 0.15) is 26.5 Å². The highest BCUT2D eigenvalue weighted by molar-refractivity contribution is 8.00. The second kappa shape index (κ2) is 6.20. The van der Waals surface area contributed by atoms with E-state index in [0.29, 0.717) is 11.6 Å². The first-order chi connectivity index (χ1) is 7.90. The van der Waals surface area contributed by atoms with Crippen molar-refractivity contribution in [3.05, 3.63) is 11.9 Å². The number of anilines is 1. The van der Waals surface area contributed by atoms with Crippen molar-refractivity contribution < 1.29 is 8.42 Å². The number of thioether (sulfide) groups is 1. The fourth-order valence-corrected chi connectivity index (χ4v) is 3.33. The molecule has 0 aliphatic rings. The van der Waals surface area contributed by atoms with E-state index in [1.165, 1.54) is 18.0 Å². The van der Waals surface area contributed by atoms with Crippen molar-refractivity contribution in [2.75, 3.05) is 29.6 Å². The molecule has 0 aromatic carbocycles. The lowest BCUT2D eigenvalue weighted by Gasteiger charge is -2.06. The lowest BCUT2D eigenvalue weighted by molar-refractivity contribution is 0.603. The normalized spacial score (nSPS) is 11.5. The van der Waals surface area contributed by atoms with Gasteiger partial charge in [0, 0.05) is 24.6 Å². The first-order valence-electron chi connectivity index (χ1n) is 5.31. The highest BCUT2D eigenvalue weighted by Crippen LogP contribution is 2.18. The Morgan fingerprint density at radius 1 is 1.41 bits per heavy atom. The number of nitrogens with one attached hydrogen (secondary N) is 1. The van der Waals surface area contributed by atoms with Gasteiger partial charge in [0.2, 0.25) is 0 Å². The molecule has 0 unspecified atom stereocenters. The van der Waals surface area contributed by atoms with E-state index in [0.717, 1.165) is 17.4 Å². The largest absolute Gasteiger partial charge is 0.370 e. The van der Waals surface area contributed by atoms with Crippen LogP contribution in [0, 0.1) is 6.92 Å². The van der Waals surface area contributed by atoms with Crippen molar-refractivity contribution in [3.8, 4) is 0 Å². The summed E-state index contributed by atoms with van der Waals surface area (Å²) < 4.78 is 22.0. The third kappa shape index (κ3) is 5.88. The SMILES string of the molecule is CCNc1cc(SCCS(C)(=O)=O)nc(C)n1. The van der Waals surface area contributed by atoms with Gasteiger partial charge in [0.05, 0.1) is 5.75 Å². The zero-order valence-corrected chi connectivity index (χ0v) is 11.9. The molecule has 0 fully saturated rings. The van der Waals surface area contributed by atoms with Crippen LogP contribution in [0.5, 0.6) is 0 Å². The molecule has 96 valence electrons. The molecule has 0 amide bonds. The molecule has 7 heteroatoms. The fourth-order valence-electron chi connectivity index (χ4n) is 1.18.